The first-order valence-electron chi connectivity index (χ1n) is 7.33. The van der Waals surface area contributed by atoms with Crippen LogP contribution in [0.4, 0.5) is 13.2 Å². The first kappa shape index (κ1) is 17.9. The second-order valence-corrected chi connectivity index (χ2v) is 5.80. The van der Waals surface area contributed by atoms with Gasteiger partial charge in [-0.05, 0) is 17.5 Å². The van der Waals surface area contributed by atoms with E-state index in [-0.39, 0.29) is 11.5 Å². The third kappa shape index (κ3) is 4.09. The summed E-state index contributed by atoms with van der Waals surface area (Å²) < 4.78 is 40.6. The molecule has 0 fully saturated rings. The van der Waals surface area contributed by atoms with E-state index >= 15 is 0 Å². The highest BCUT2D eigenvalue weighted by Gasteiger charge is 2.34. The predicted molar refractivity (Wildman–Crippen MR) is 79.7 cm³/mol. The van der Waals surface area contributed by atoms with Gasteiger partial charge >= 0.3 is 6.18 Å². The zero-order valence-electron chi connectivity index (χ0n) is 13.5. The smallest absolute Gasteiger partial charge is 0.346 e. The minimum Gasteiger partial charge on any atom is -0.346 e. The molecule has 1 atom stereocenters. The lowest BCUT2D eigenvalue weighted by molar-refractivity contribution is -0.138. The van der Waals surface area contributed by atoms with Gasteiger partial charge in [0.25, 0.3) is 0 Å². The Bertz CT molecular complexity index is 711. The molecule has 0 radical (unpaired) electrons. The van der Waals surface area contributed by atoms with Crippen molar-refractivity contribution in [1.29, 1.82) is 0 Å². The molecule has 0 saturated heterocycles. The van der Waals surface area contributed by atoms with Crippen molar-refractivity contribution in [3.8, 4) is 0 Å². The summed E-state index contributed by atoms with van der Waals surface area (Å²) in [5.74, 6) is 0.00335. The highest BCUT2D eigenvalue weighted by Crippen LogP contribution is 2.31. The Labute approximate surface area is 137 Å². The predicted octanol–water partition coefficient (Wildman–Crippen LogP) is 2.28. The van der Waals surface area contributed by atoms with Crippen LogP contribution in [-0.2, 0) is 24.4 Å². The van der Waals surface area contributed by atoms with Gasteiger partial charge in [-0.3, -0.25) is 9.78 Å². The molecular weight excluding hydrogens is 323 g/mol. The molecule has 0 bridgehead atoms. The van der Waals surface area contributed by atoms with Crippen molar-refractivity contribution < 1.29 is 18.0 Å². The summed E-state index contributed by atoms with van der Waals surface area (Å²) in [6, 6.07) is 0.418. The van der Waals surface area contributed by atoms with E-state index in [0.29, 0.717) is 5.82 Å². The normalized spacial score (nSPS) is 13.1. The van der Waals surface area contributed by atoms with Crippen LogP contribution in [0.1, 0.15) is 36.8 Å². The Balaban J connectivity index is 2.17. The van der Waals surface area contributed by atoms with Gasteiger partial charge in [0.15, 0.2) is 5.82 Å². The summed E-state index contributed by atoms with van der Waals surface area (Å²) in [4.78, 5) is 15.9. The third-order valence-corrected chi connectivity index (χ3v) is 3.57. The fourth-order valence-electron chi connectivity index (χ4n) is 2.35. The van der Waals surface area contributed by atoms with Crippen LogP contribution in [-0.4, -0.2) is 25.7 Å². The maximum absolute atomic E-state index is 13.0. The molecule has 0 aromatic carbocycles. The molecule has 2 aromatic heterocycles. The van der Waals surface area contributed by atoms with Crippen LogP contribution in [0.15, 0.2) is 24.8 Å². The Morgan fingerprint density at radius 1 is 1.38 bits per heavy atom. The molecule has 1 amide bonds. The van der Waals surface area contributed by atoms with E-state index < -0.39 is 30.1 Å². The fraction of sp³-hybridized carbons (Fsp3) is 0.467. The van der Waals surface area contributed by atoms with E-state index in [0.717, 1.165) is 18.5 Å². The van der Waals surface area contributed by atoms with E-state index in [2.05, 4.69) is 20.5 Å². The molecule has 0 aliphatic rings. The number of nitrogens with one attached hydrogen (secondary N) is 1. The Kier molecular flexibility index (Phi) is 5.20. The molecule has 2 aromatic rings. The van der Waals surface area contributed by atoms with Crippen molar-refractivity contribution in [2.45, 2.75) is 32.5 Å². The SMILES string of the molecule is CC(C)C(NC(=O)Cc1cnccc1C(F)(F)F)c1nncn1C. The van der Waals surface area contributed by atoms with E-state index in [1.165, 1.54) is 6.33 Å². The van der Waals surface area contributed by atoms with Crippen molar-refractivity contribution in [3.63, 3.8) is 0 Å². The van der Waals surface area contributed by atoms with Gasteiger partial charge in [0, 0.05) is 19.4 Å². The Morgan fingerprint density at radius 3 is 2.62 bits per heavy atom. The molecule has 6 nitrogen and oxygen atoms in total. The lowest BCUT2D eigenvalue weighted by atomic mass is 10.0. The second kappa shape index (κ2) is 6.98. The van der Waals surface area contributed by atoms with Crippen LogP contribution in [0.25, 0.3) is 0 Å². The van der Waals surface area contributed by atoms with Gasteiger partial charge in [0.05, 0.1) is 18.0 Å². The number of aryl methyl sites for hydroxylation is 1. The van der Waals surface area contributed by atoms with Crippen LogP contribution in [0.2, 0.25) is 0 Å². The monoisotopic (exact) mass is 341 g/mol. The standard InChI is InChI=1S/C15H18F3N5O/c1-9(2)13(14-22-20-8-23(14)3)21-12(24)6-10-7-19-5-4-11(10)15(16,17)18/h4-5,7-9,13H,6H2,1-3H3,(H,21,24). The highest BCUT2D eigenvalue weighted by atomic mass is 19.4. The number of hydrogen-bond donors (Lipinski definition) is 1. The van der Waals surface area contributed by atoms with E-state index in [4.69, 9.17) is 0 Å². The first-order chi connectivity index (χ1) is 11.2. The summed E-state index contributed by atoms with van der Waals surface area (Å²) in [6.45, 7) is 3.76. The third-order valence-electron chi connectivity index (χ3n) is 3.57. The Morgan fingerprint density at radius 2 is 2.08 bits per heavy atom. The summed E-state index contributed by atoms with van der Waals surface area (Å²) in [5.41, 5.74) is -1.02. The van der Waals surface area contributed by atoms with E-state index in [1.807, 2.05) is 13.8 Å². The van der Waals surface area contributed by atoms with E-state index in [1.54, 1.807) is 11.6 Å². The molecular formula is C15H18F3N5O. The van der Waals surface area contributed by atoms with Crippen molar-refractivity contribution in [1.82, 2.24) is 25.1 Å². The van der Waals surface area contributed by atoms with Crippen LogP contribution in [0.3, 0.4) is 0 Å². The average Bonchev–Trinajstić information content (AvgIpc) is 2.90. The molecule has 0 spiro atoms. The van der Waals surface area contributed by atoms with Crippen LogP contribution >= 0.6 is 0 Å². The summed E-state index contributed by atoms with van der Waals surface area (Å²) in [5, 5.41) is 10.5. The molecule has 2 rings (SSSR count). The number of halogens is 3. The number of aromatic nitrogens is 4. The van der Waals surface area contributed by atoms with Gasteiger partial charge in [-0.15, -0.1) is 10.2 Å². The number of nitrogens with zero attached hydrogens (tertiary/aromatic N) is 4. The quantitative estimate of drug-likeness (QED) is 0.906. The minimum atomic E-state index is -4.53. The zero-order chi connectivity index (χ0) is 17.9. The number of hydrogen-bond acceptors (Lipinski definition) is 4. The maximum Gasteiger partial charge on any atom is 0.416 e. The van der Waals surface area contributed by atoms with Gasteiger partial charge in [0.2, 0.25) is 5.91 Å². The van der Waals surface area contributed by atoms with Gasteiger partial charge in [-0.25, -0.2) is 0 Å². The topological polar surface area (TPSA) is 72.7 Å². The van der Waals surface area contributed by atoms with Crippen LogP contribution < -0.4 is 5.32 Å². The summed E-state index contributed by atoms with van der Waals surface area (Å²) in [6.07, 6.45) is -1.32. The second-order valence-electron chi connectivity index (χ2n) is 5.80. The number of pyridine rings is 1. The minimum absolute atomic E-state index is 0.00663. The number of alkyl halides is 3. The molecule has 24 heavy (non-hydrogen) atoms. The summed E-state index contributed by atoms with van der Waals surface area (Å²) >= 11 is 0. The molecule has 0 aliphatic heterocycles. The Hall–Kier alpha value is -2.45. The van der Waals surface area contributed by atoms with Crippen molar-refractivity contribution >= 4 is 5.91 Å². The molecule has 130 valence electrons. The fourth-order valence-corrected chi connectivity index (χ4v) is 2.35. The molecule has 1 N–H and O–H groups in total. The lowest BCUT2D eigenvalue weighted by Gasteiger charge is -2.21. The molecule has 9 heteroatoms. The largest absolute Gasteiger partial charge is 0.416 e. The van der Waals surface area contributed by atoms with Gasteiger partial charge in [-0.1, -0.05) is 13.8 Å². The van der Waals surface area contributed by atoms with Crippen LogP contribution in [0, 0.1) is 5.92 Å². The number of rotatable bonds is 5. The average molecular weight is 341 g/mol. The molecule has 0 saturated carbocycles. The van der Waals surface area contributed by atoms with Crippen LogP contribution in [0.5, 0.6) is 0 Å². The van der Waals surface area contributed by atoms with Gasteiger partial charge in [-0.2, -0.15) is 13.2 Å². The van der Waals surface area contributed by atoms with Crippen molar-refractivity contribution in [2.75, 3.05) is 0 Å². The van der Waals surface area contributed by atoms with Crippen molar-refractivity contribution in [2.24, 2.45) is 13.0 Å². The van der Waals surface area contributed by atoms with E-state index in [9.17, 15) is 18.0 Å². The maximum atomic E-state index is 13.0. The number of amides is 1. The highest BCUT2D eigenvalue weighted by molar-refractivity contribution is 5.79. The first-order valence-corrected chi connectivity index (χ1v) is 7.33. The zero-order valence-corrected chi connectivity index (χ0v) is 13.5. The molecule has 2 heterocycles. The van der Waals surface area contributed by atoms with Gasteiger partial charge in [0.1, 0.15) is 6.33 Å². The molecule has 1 unspecified atom stereocenters. The number of carbonyl (C=O) groups is 1. The summed E-state index contributed by atoms with van der Waals surface area (Å²) in [7, 11) is 1.74. The molecule has 0 aliphatic carbocycles. The lowest BCUT2D eigenvalue weighted by Crippen LogP contribution is -2.34. The number of carbonyl (C=O) groups excluding carboxylic acids is 1. The van der Waals surface area contributed by atoms with Crippen molar-refractivity contribution in [3.05, 3.63) is 41.7 Å². The van der Waals surface area contributed by atoms with Gasteiger partial charge < -0.3 is 9.88 Å².